The lowest BCUT2D eigenvalue weighted by Gasteiger charge is -2.05. The number of alkyl carbamates (subject to hydrolysis) is 1. The first-order chi connectivity index (χ1) is 10.8. The van der Waals surface area contributed by atoms with Crippen molar-refractivity contribution in [1.29, 1.82) is 0 Å². The smallest absolute Gasteiger partial charge is 0.407 e. The van der Waals surface area contributed by atoms with Crippen LogP contribution >= 0.6 is 0 Å². The number of nitrogens with zero attached hydrogens (tertiary/aromatic N) is 2. The minimum Gasteiger partial charge on any atom is -0.445 e. The number of amides is 1. The summed E-state index contributed by atoms with van der Waals surface area (Å²) in [5.74, 6) is 1.38. The molecule has 22 heavy (non-hydrogen) atoms. The molecule has 116 valence electrons. The molecule has 0 radical (unpaired) electrons. The molecule has 0 unspecified atom stereocenters. The van der Waals surface area contributed by atoms with Crippen LogP contribution in [0.2, 0.25) is 0 Å². The van der Waals surface area contributed by atoms with Crippen molar-refractivity contribution in [2.75, 3.05) is 6.54 Å². The third kappa shape index (κ3) is 3.82. The van der Waals surface area contributed by atoms with Gasteiger partial charge in [-0.3, -0.25) is 5.10 Å². The number of H-pyrrole nitrogens is 1. The monoisotopic (exact) mass is 301 g/mol. The van der Waals surface area contributed by atoms with Crippen molar-refractivity contribution in [3.8, 4) is 0 Å². The molecule has 1 aliphatic rings. The minimum atomic E-state index is -0.471. The zero-order valence-electron chi connectivity index (χ0n) is 12.2. The van der Waals surface area contributed by atoms with Crippen LogP contribution in [0.4, 0.5) is 4.79 Å². The van der Waals surface area contributed by atoms with Gasteiger partial charge in [-0.15, -0.1) is 0 Å². The molecule has 1 fully saturated rings. The van der Waals surface area contributed by atoms with Crippen molar-refractivity contribution < 1.29 is 9.53 Å². The van der Waals surface area contributed by atoms with E-state index in [2.05, 4.69) is 25.8 Å². The maximum Gasteiger partial charge on any atom is 0.407 e. The average Bonchev–Trinajstić information content (AvgIpc) is 3.22. The normalized spacial score (nSPS) is 17.4. The second-order valence-corrected chi connectivity index (χ2v) is 5.20. The number of aromatic amines is 1. The molecule has 0 bridgehead atoms. The van der Waals surface area contributed by atoms with Gasteiger partial charge in [-0.2, -0.15) is 5.10 Å². The third-order valence-electron chi connectivity index (χ3n) is 3.53. The van der Waals surface area contributed by atoms with Crippen molar-refractivity contribution in [1.82, 2.24) is 25.8 Å². The first-order valence-electron chi connectivity index (χ1n) is 7.40. The van der Waals surface area contributed by atoms with Crippen LogP contribution in [0.5, 0.6) is 0 Å². The van der Waals surface area contributed by atoms with E-state index in [0.717, 1.165) is 30.8 Å². The Labute approximate surface area is 128 Å². The van der Waals surface area contributed by atoms with Crippen molar-refractivity contribution in [3.05, 3.63) is 47.5 Å². The molecule has 1 aromatic heterocycles. The Balaban J connectivity index is 1.43. The highest BCUT2D eigenvalue weighted by atomic mass is 16.5. The van der Waals surface area contributed by atoms with E-state index in [1.54, 1.807) is 0 Å². The molecule has 2 heterocycles. The number of hydrogen-bond donors (Lipinski definition) is 3. The van der Waals surface area contributed by atoms with Crippen LogP contribution in [0.15, 0.2) is 30.3 Å². The van der Waals surface area contributed by atoms with E-state index in [1.807, 2.05) is 30.3 Å². The Hall–Kier alpha value is -2.41. The topological polar surface area (TPSA) is 91.9 Å². The van der Waals surface area contributed by atoms with Gasteiger partial charge in [0.25, 0.3) is 0 Å². The molecule has 1 aromatic carbocycles. The van der Waals surface area contributed by atoms with Crippen LogP contribution in [0.1, 0.15) is 36.1 Å². The average molecular weight is 301 g/mol. The molecule has 2 aromatic rings. The standard InChI is InChI=1S/C15H19N5O2/c21-15(22-10-11-5-2-1-3-6-11)17-9-13-18-14(20-19-13)12-7-4-8-16-12/h1-3,5-6,12,16H,4,7-10H2,(H,17,21)(H,18,19,20)/t12-/m1/s1. The van der Waals surface area contributed by atoms with E-state index in [1.165, 1.54) is 0 Å². The quantitative estimate of drug-likeness (QED) is 0.781. The van der Waals surface area contributed by atoms with E-state index >= 15 is 0 Å². The maximum absolute atomic E-state index is 11.6. The summed E-state index contributed by atoms with van der Waals surface area (Å²) in [5.41, 5.74) is 0.951. The fourth-order valence-electron chi connectivity index (χ4n) is 2.38. The second-order valence-electron chi connectivity index (χ2n) is 5.20. The summed E-state index contributed by atoms with van der Waals surface area (Å²) in [4.78, 5) is 16.0. The van der Waals surface area contributed by atoms with Crippen LogP contribution in [0.25, 0.3) is 0 Å². The summed E-state index contributed by atoms with van der Waals surface area (Å²) in [6.45, 7) is 1.52. The first-order valence-corrected chi connectivity index (χ1v) is 7.40. The number of benzene rings is 1. The largest absolute Gasteiger partial charge is 0.445 e. The van der Waals surface area contributed by atoms with Gasteiger partial charge in [-0.05, 0) is 24.9 Å². The fourth-order valence-corrected chi connectivity index (χ4v) is 2.38. The molecule has 0 saturated carbocycles. The van der Waals surface area contributed by atoms with Gasteiger partial charge in [0.15, 0.2) is 5.82 Å². The Morgan fingerprint density at radius 2 is 2.23 bits per heavy atom. The molecule has 0 spiro atoms. The molecule has 0 aliphatic carbocycles. The van der Waals surface area contributed by atoms with Crippen LogP contribution in [-0.2, 0) is 17.9 Å². The maximum atomic E-state index is 11.6. The summed E-state index contributed by atoms with van der Waals surface area (Å²) in [6.07, 6.45) is 1.71. The van der Waals surface area contributed by atoms with Gasteiger partial charge < -0.3 is 15.4 Å². The molecule has 1 aliphatic heterocycles. The minimum absolute atomic E-state index is 0.218. The van der Waals surface area contributed by atoms with Gasteiger partial charge in [-0.25, -0.2) is 9.78 Å². The molecular formula is C15H19N5O2. The van der Waals surface area contributed by atoms with Gasteiger partial charge in [0.05, 0.1) is 12.6 Å². The van der Waals surface area contributed by atoms with Gasteiger partial charge in [0.2, 0.25) is 0 Å². The van der Waals surface area contributed by atoms with Crippen molar-refractivity contribution >= 4 is 6.09 Å². The summed E-state index contributed by atoms with van der Waals surface area (Å²) in [5, 5.41) is 13.0. The highest BCUT2D eigenvalue weighted by Crippen LogP contribution is 2.19. The van der Waals surface area contributed by atoms with Crippen LogP contribution < -0.4 is 10.6 Å². The number of hydrogen-bond acceptors (Lipinski definition) is 5. The fraction of sp³-hybridized carbons (Fsp3) is 0.400. The predicted octanol–water partition coefficient (Wildman–Crippen LogP) is 1.66. The molecule has 7 nitrogen and oxygen atoms in total. The summed E-state index contributed by atoms with van der Waals surface area (Å²) in [7, 11) is 0. The molecule has 7 heteroatoms. The van der Waals surface area contributed by atoms with Gasteiger partial charge in [0.1, 0.15) is 12.4 Å². The molecule has 3 N–H and O–H groups in total. The number of ether oxygens (including phenoxy) is 1. The van der Waals surface area contributed by atoms with Crippen LogP contribution in [0, 0.1) is 0 Å². The van der Waals surface area contributed by atoms with Gasteiger partial charge >= 0.3 is 6.09 Å². The van der Waals surface area contributed by atoms with Crippen LogP contribution in [0.3, 0.4) is 0 Å². The van der Waals surface area contributed by atoms with E-state index < -0.39 is 6.09 Å². The third-order valence-corrected chi connectivity index (χ3v) is 3.53. The lowest BCUT2D eigenvalue weighted by molar-refractivity contribution is 0.139. The SMILES string of the molecule is O=C(NCc1nc([C@H]2CCCN2)n[nH]1)OCc1ccccc1. The highest BCUT2D eigenvalue weighted by molar-refractivity contribution is 5.67. The predicted molar refractivity (Wildman–Crippen MR) is 79.8 cm³/mol. The lowest BCUT2D eigenvalue weighted by atomic mass is 10.2. The van der Waals surface area contributed by atoms with Crippen LogP contribution in [-0.4, -0.2) is 27.8 Å². The van der Waals surface area contributed by atoms with Crippen molar-refractivity contribution in [3.63, 3.8) is 0 Å². The lowest BCUT2D eigenvalue weighted by Crippen LogP contribution is -2.24. The number of carbonyl (C=O) groups is 1. The van der Waals surface area contributed by atoms with Crippen molar-refractivity contribution in [2.45, 2.75) is 32.0 Å². The Bertz CT molecular complexity index is 607. The molecular weight excluding hydrogens is 282 g/mol. The zero-order chi connectivity index (χ0) is 15.2. The molecule has 3 rings (SSSR count). The van der Waals surface area contributed by atoms with Crippen molar-refractivity contribution in [2.24, 2.45) is 0 Å². The summed E-state index contributed by atoms with van der Waals surface area (Å²) < 4.78 is 5.13. The number of rotatable bonds is 5. The Kier molecular flexibility index (Phi) is 4.65. The number of nitrogens with one attached hydrogen (secondary N) is 3. The molecule has 1 saturated heterocycles. The molecule has 1 amide bonds. The zero-order valence-corrected chi connectivity index (χ0v) is 12.2. The van der Waals surface area contributed by atoms with E-state index in [0.29, 0.717) is 5.82 Å². The second kappa shape index (κ2) is 7.04. The van der Waals surface area contributed by atoms with E-state index in [-0.39, 0.29) is 19.2 Å². The summed E-state index contributed by atoms with van der Waals surface area (Å²) >= 11 is 0. The first kappa shape index (κ1) is 14.5. The Morgan fingerprint density at radius 3 is 3.00 bits per heavy atom. The molecule has 1 atom stereocenters. The van der Waals surface area contributed by atoms with Gasteiger partial charge in [0, 0.05) is 0 Å². The van der Waals surface area contributed by atoms with E-state index in [4.69, 9.17) is 4.74 Å². The Morgan fingerprint density at radius 1 is 1.36 bits per heavy atom. The van der Waals surface area contributed by atoms with Gasteiger partial charge in [-0.1, -0.05) is 30.3 Å². The number of carbonyl (C=O) groups excluding carboxylic acids is 1. The van der Waals surface area contributed by atoms with E-state index in [9.17, 15) is 4.79 Å². The highest BCUT2D eigenvalue weighted by Gasteiger charge is 2.20. The summed E-state index contributed by atoms with van der Waals surface area (Å²) in [6, 6.07) is 9.77. The number of aromatic nitrogens is 3.